The van der Waals surface area contributed by atoms with Gasteiger partial charge in [0, 0.05) is 6.04 Å². The van der Waals surface area contributed by atoms with Crippen LogP contribution in [0.5, 0.6) is 0 Å². The Kier molecular flexibility index (Phi) is 7.02. The fraction of sp³-hybridized carbons (Fsp3) is 0.300. The van der Waals surface area contributed by atoms with E-state index < -0.39 is 12.1 Å². The maximum atomic E-state index is 12.2. The first kappa shape index (κ1) is 19.0. The molecule has 1 amide bonds. The highest BCUT2D eigenvalue weighted by molar-refractivity contribution is 6.33. The lowest BCUT2D eigenvalue weighted by Crippen LogP contribution is -2.41. The third kappa shape index (κ3) is 5.91. The van der Waals surface area contributed by atoms with E-state index in [0.717, 1.165) is 12.8 Å². The van der Waals surface area contributed by atoms with E-state index in [2.05, 4.69) is 17.4 Å². The summed E-state index contributed by atoms with van der Waals surface area (Å²) in [7, 11) is 0. The number of rotatable bonds is 7. The number of hydrogen-bond donors (Lipinski definition) is 1. The molecule has 1 N–H and O–H groups in total. The van der Waals surface area contributed by atoms with Crippen molar-refractivity contribution < 1.29 is 14.3 Å². The van der Waals surface area contributed by atoms with Gasteiger partial charge in [-0.3, -0.25) is 4.79 Å². The van der Waals surface area contributed by atoms with Gasteiger partial charge < -0.3 is 10.1 Å². The van der Waals surface area contributed by atoms with Gasteiger partial charge in [-0.05, 0) is 44.4 Å². The second-order valence-electron chi connectivity index (χ2n) is 5.96. The average molecular weight is 360 g/mol. The van der Waals surface area contributed by atoms with Crippen molar-refractivity contribution in [3.63, 3.8) is 0 Å². The normalized spacial score (nSPS) is 12.9. The summed E-state index contributed by atoms with van der Waals surface area (Å²) in [6.07, 6.45) is 0.791. The van der Waals surface area contributed by atoms with Gasteiger partial charge in [0.05, 0.1) is 10.6 Å². The van der Waals surface area contributed by atoms with Gasteiger partial charge in [0.1, 0.15) is 0 Å². The average Bonchev–Trinajstić information content (AvgIpc) is 2.61. The molecule has 2 atom stereocenters. The Morgan fingerprint density at radius 1 is 1.04 bits per heavy atom. The fourth-order valence-corrected chi connectivity index (χ4v) is 2.58. The second-order valence-corrected chi connectivity index (χ2v) is 6.37. The number of amides is 1. The standard InChI is InChI=1S/C20H22ClNO3/c1-14(12-13-16-8-4-3-5-9-16)22-19(23)15(2)25-20(24)17-10-6-7-11-18(17)21/h3-11,14-15H,12-13H2,1-2H3,(H,22,23)/t14-,15-/m1/s1. The van der Waals surface area contributed by atoms with Crippen molar-refractivity contribution in [2.45, 2.75) is 38.8 Å². The Labute approximate surface area is 153 Å². The summed E-state index contributed by atoms with van der Waals surface area (Å²) in [4.78, 5) is 24.3. The van der Waals surface area contributed by atoms with Crippen LogP contribution in [0, 0.1) is 0 Å². The highest BCUT2D eigenvalue weighted by atomic mass is 35.5. The number of benzene rings is 2. The fourth-order valence-electron chi connectivity index (χ4n) is 2.36. The van der Waals surface area contributed by atoms with Gasteiger partial charge in [-0.2, -0.15) is 0 Å². The third-order valence-corrected chi connectivity index (χ3v) is 4.17. The molecule has 0 bridgehead atoms. The molecule has 4 nitrogen and oxygen atoms in total. The van der Waals surface area contributed by atoms with Crippen LogP contribution in [-0.2, 0) is 16.0 Å². The van der Waals surface area contributed by atoms with Crippen LogP contribution in [0.4, 0.5) is 0 Å². The minimum Gasteiger partial charge on any atom is -0.449 e. The molecular weight excluding hydrogens is 338 g/mol. The van der Waals surface area contributed by atoms with Crippen molar-refractivity contribution in [1.82, 2.24) is 5.32 Å². The number of esters is 1. The molecule has 0 saturated heterocycles. The molecule has 0 heterocycles. The van der Waals surface area contributed by atoms with Gasteiger partial charge in [0.25, 0.3) is 5.91 Å². The molecule has 132 valence electrons. The molecule has 0 unspecified atom stereocenters. The van der Waals surface area contributed by atoms with E-state index in [1.807, 2.05) is 25.1 Å². The molecule has 2 aromatic carbocycles. The predicted octanol–water partition coefficient (Wildman–Crippen LogP) is 4.02. The molecule has 2 aromatic rings. The lowest BCUT2D eigenvalue weighted by molar-refractivity contribution is -0.129. The van der Waals surface area contributed by atoms with E-state index in [9.17, 15) is 9.59 Å². The molecule has 5 heteroatoms. The Bertz CT molecular complexity index is 718. The number of hydrogen-bond acceptors (Lipinski definition) is 3. The second kappa shape index (κ2) is 9.23. The van der Waals surface area contributed by atoms with Crippen molar-refractivity contribution in [1.29, 1.82) is 0 Å². The van der Waals surface area contributed by atoms with Crippen molar-refractivity contribution in [3.8, 4) is 0 Å². The molecule has 0 saturated carbocycles. The number of carbonyl (C=O) groups excluding carboxylic acids is 2. The highest BCUT2D eigenvalue weighted by Gasteiger charge is 2.21. The maximum absolute atomic E-state index is 12.2. The van der Waals surface area contributed by atoms with Crippen LogP contribution >= 0.6 is 11.6 Å². The molecule has 25 heavy (non-hydrogen) atoms. The zero-order chi connectivity index (χ0) is 18.2. The molecule has 0 aliphatic carbocycles. The zero-order valence-corrected chi connectivity index (χ0v) is 15.1. The molecule has 0 aromatic heterocycles. The van der Waals surface area contributed by atoms with Crippen LogP contribution < -0.4 is 5.32 Å². The van der Waals surface area contributed by atoms with Crippen LogP contribution in [0.1, 0.15) is 36.2 Å². The summed E-state index contributed by atoms with van der Waals surface area (Å²) in [5.74, 6) is -0.925. The van der Waals surface area contributed by atoms with Gasteiger partial charge >= 0.3 is 5.97 Å². The predicted molar refractivity (Wildman–Crippen MR) is 98.7 cm³/mol. The number of aryl methyl sites for hydroxylation is 1. The zero-order valence-electron chi connectivity index (χ0n) is 14.4. The summed E-state index contributed by atoms with van der Waals surface area (Å²) in [5, 5.41) is 3.17. The summed E-state index contributed by atoms with van der Waals surface area (Å²) in [5.41, 5.74) is 1.47. The quantitative estimate of drug-likeness (QED) is 0.759. The smallest absolute Gasteiger partial charge is 0.340 e. The largest absolute Gasteiger partial charge is 0.449 e. The summed E-state index contributed by atoms with van der Waals surface area (Å²) in [6.45, 7) is 3.48. The molecule has 0 radical (unpaired) electrons. The molecule has 0 fully saturated rings. The van der Waals surface area contributed by atoms with E-state index in [1.165, 1.54) is 5.56 Å². The number of nitrogens with one attached hydrogen (secondary N) is 1. The van der Waals surface area contributed by atoms with Crippen molar-refractivity contribution in [2.75, 3.05) is 0 Å². The molecule has 0 aliphatic heterocycles. The van der Waals surface area contributed by atoms with E-state index in [-0.39, 0.29) is 17.5 Å². The van der Waals surface area contributed by atoms with Crippen LogP contribution in [0.15, 0.2) is 54.6 Å². The van der Waals surface area contributed by atoms with Crippen molar-refractivity contribution >= 4 is 23.5 Å². The van der Waals surface area contributed by atoms with E-state index in [0.29, 0.717) is 5.02 Å². The summed E-state index contributed by atoms with van der Waals surface area (Å²) >= 11 is 5.96. The first-order valence-corrected chi connectivity index (χ1v) is 8.65. The van der Waals surface area contributed by atoms with Gasteiger partial charge in [0.2, 0.25) is 0 Å². The van der Waals surface area contributed by atoms with Crippen molar-refractivity contribution in [3.05, 3.63) is 70.7 Å². The SMILES string of the molecule is C[C@H](CCc1ccccc1)NC(=O)[C@@H](C)OC(=O)c1ccccc1Cl. The Hall–Kier alpha value is -2.33. The Morgan fingerprint density at radius 3 is 2.36 bits per heavy atom. The summed E-state index contributed by atoms with van der Waals surface area (Å²) < 4.78 is 5.21. The highest BCUT2D eigenvalue weighted by Crippen LogP contribution is 2.16. The van der Waals surface area contributed by atoms with Gasteiger partial charge in [-0.1, -0.05) is 54.1 Å². The third-order valence-electron chi connectivity index (χ3n) is 3.84. The van der Waals surface area contributed by atoms with Crippen LogP contribution in [-0.4, -0.2) is 24.0 Å². The molecule has 0 spiro atoms. The van der Waals surface area contributed by atoms with E-state index in [4.69, 9.17) is 16.3 Å². The van der Waals surface area contributed by atoms with Gasteiger partial charge in [0.15, 0.2) is 6.10 Å². The topological polar surface area (TPSA) is 55.4 Å². The van der Waals surface area contributed by atoms with Crippen LogP contribution in [0.3, 0.4) is 0 Å². The molecule has 2 rings (SSSR count). The molecule has 0 aliphatic rings. The monoisotopic (exact) mass is 359 g/mol. The first-order chi connectivity index (χ1) is 12.0. The molecular formula is C20H22ClNO3. The van der Waals surface area contributed by atoms with Crippen LogP contribution in [0.2, 0.25) is 5.02 Å². The minimum atomic E-state index is -0.886. The maximum Gasteiger partial charge on any atom is 0.340 e. The number of carbonyl (C=O) groups is 2. The lowest BCUT2D eigenvalue weighted by Gasteiger charge is -2.18. The van der Waals surface area contributed by atoms with E-state index >= 15 is 0 Å². The van der Waals surface area contributed by atoms with Gasteiger partial charge in [-0.15, -0.1) is 0 Å². The van der Waals surface area contributed by atoms with E-state index in [1.54, 1.807) is 31.2 Å². The van der Waals surface area contributed by atoms with Crippen LogP contribution in [0.25, 0.3) is 0 Å². The Balaban J connectivity index is 1.81. The Morgan fingerprint density at radius 2 is 1.68 bits per heavy atom. The first-order valence-electron chi connectivity index (χ1n) is 8.27. The number of ether oxygens (including phenoxy) is 1. The minimum absolute atomic E-state index is 0.0193. The number of halogens is 1. The lowest BCUT2D eigenvalue weighted by atomic mass is 10.1. The van der Waals surface area contributed by atoms with Gasteiger partial charge in [-0.25, -0.2) is 4.79 Å². The van der Waals surface area contributed by atoms with Crippen molar-refractivity contribution in [2.24, 2.45) is 0 Å². The summed E-state index contributed by atoms with van der Waals surface area (Å²) in [6, 6.07) is 16.7.